The van der Waals surface area contributed by atoms with Crippen LogP contribution in [0.3, 0.4) is 0 Å². The smallest absolute Gasteiger partial charge is 0.339 e. The van der Waals surface area contributed by atoms with Gasteiger partial charge in [0.2, 0.25) is 5.95 Å². The third-order valence-corrected chi connectivity index (χ3v) is 3.87. The van der Waals surface area contributed by atoms with E-state index in [0.717, 1.165) is 25.9 Å². The predicted octanol–water partition coefficient (Wildman–Crippen LogP) is 2.24. The molecular formula is C17H18N4O3. The molecule has 3 rings (SSSR count). The summed E-state index contributed by atoms with van der Waals surface area (Å²) in [4.78, 5) is 34.2. The van der Waals surface area contributed by atoms with Crippen molar-refractivity contribution >= 4 is 23.5 Å². The molecule has 0 bridgehead atoms. The minimum Gasteiger partial charge on any atom is -0.465 e. The van der Waals surface area contributed by atoms with E-state index in [1.165, 1.54) is 19.5 Å². The van der Waals surface area contributed by atoms with Gasteiger partial charge in [0.1, 0.15) is 0 Å². The highest BCUT2D eigenvalue weighted by molar-refractivity contribution is 5.96. The van der Waals surface area contributed by atoms with Crippen molar-refractivity contribution in [2.24, 2.45) is 0 Å². The van der Waals surface area contributed by atoms with Gasteiger partial charge in [-0.2, -0.15) is 0 Å². The lowest BCUT2D eigenvalue weighted by Gasteiger charge is -2.15. The fourth-order valence-electron chi connectivity index (χ4n) is 2.61. The molecule has 1 aromatic carbocycles. The first-order valence-corrected chi connectivity index (χ1v) is 7.74. The molecule has 1 amide bonds. The van der Waals surface area contributed by atoms with Gasteiger partial charge < -0.3 is 15.0 Å². The normalized spacial score (nSPS) is 13.6. The number of carbonyl (C=O) groups is 2. The van der Waals surface area contributed by atoms with E-state index in [0.29, 0.717) is 22.8 Å². The fraction of sp³-hybridized carbons (Fsp3) is 0.294. The summed E-state index contributed by atoms with van der Waals surface area (Å²) >= 11 is 0. The van der Waals surface area contributed by atoms with E-state index >= 15 is 0 Å². The van der Waals surface area contributed by atoms with E-state index in [2.05, 4.69) is 15.3 Å². The Kier molecular flexibility index (Phi) is 4.69. The number of aromatic nitrogens is 2. The van der Waals surface area contributed by atoms with Crippen LogP contribution in [0, 0.1) is 0 Å². The molecule has 1 fully saturated rings. The number of methoxy groups -OCH3 is 1. The van der Waals surface area contributed by atoms with Crippen LogP contribution in [-0.4, -0.2) is 46.9 Å². The number of esters is 1. The molecular weight excluding hydrogens is 308 g/mol. The molecule has 1 aromatic heterocycles. The topological polar surface area (TPSA) is 84.4 Å². The van der Waals surface area contributed by atoms with E-state index < -0.39 is 5.97 Å². The second-order valence-corrected chi connectivity index (χ2v) is 5.46. The summed E-state index contributed by atoms with van der Waals surface area (Å²) in [6, 6.07) is 6.93. The molecule has 1 saturated heterocycles. The summed E-state index contributed by atoms with van der Waals surface area (Å²) < 4.78 is 4.75. The molecule has 0 saturated carbocycles. The SMILES string of the molecule is COC(=O)c1ccccc1Nc1ncc(C(=O)N2CCCC2)cn1. The first kappa shape index (κ1) is 15.9. The summed E-state index contributed by atoms with van der Waals surface area (Å²) in [5.74, 6) is -0.183. The van der Waals surface area contributed by atoms with Crippen LogP contribution in [-0.2, 0) is 4.74 Å². The number of amides is 1. The number of rotatable bonds is 4. The molecule has 24 heavy (non-hydrogen) atoms. The van der Waals surface area contributed by atoms with Gasteiger partial charge in [0.25, 0.3) is 5.91 Å². The summed E-state index contributed by atoms with van der Waals surface area (Å²) in [5, 5.41) is 2.98. The van der Waals surface area contributed by atoms with Gasteiger partial charge in [-0.3, -0.25) is 4.79 Å². The Morgan fingerprint density at radius 1 is 1.12 bits per heavy atom. The molecule has 0 aliphatic carbocycles. The van der Waals surface area contributed by atoms with Crippen LogP contribution in [0.4, 0.5) is 11.6 Å². The molecule has 2 aromatic rings. The largest absolute Gasteiger partial charge is 0.465 e. The average Bonchev–Trinajstić information content (AvgIpc) is 3.16. The molecule has 0 spiro atoms. The van der Waals surface area contributed by atoms with E-state index in [1.54, 1.807) is 29.2 Å². The van der Waals surface area contributed by atoms with Gasteiger partial charge in [-0.1, -0.05) is 12.1 Å². The molecule has 7 heteroatoms. The summed E-state index contributed by atoms with van der Waals surface area (Å²) in [5.41, 5.74) is 1.40. The van der Waals surface area contributed by atoms with Crippen LogP contribution < -0.4 is 5.32 Å². The number of nitrogens with one attached hydrogen (secondary N) is 1. The van der Waals surface area contributed by atoms with Gasteiger partial charge in [-0.05, 0) is 25.0 Å². The molecule has 2 heterocycles. The molecule has 0 atom stereocenters. The molecule has 7 nitrogen and oxygen atoms in total. The van der Waals surface area contributed by atoms with Gasteiger partial charge in [-0.25, -0.2) is 14.8 Å². The Labute approximate surface area is 139 Å². The zero-order chi connectivity index (χ0) is 16.9. The van der Waals surface area contributed by atoms with Gasteiger partial charge in [-0.15, -0.1) is 0 Å². The lowest BCUT2D eigenvalue weighted by Crippen LogP contribution is -2.27. The van der Waals surface area contributed by atoms with Crippen LogP contribution in [0.2, 0.25) is 0 Å². The van der Waals surface area contributed by atoms with Gasteiger partial charge >= 0.3 is 5.97 Å². The molecule has 0 unspecified atom stereocenters. The first-order valence-electron chi connectivity index (χ1n) is 7.74. The van der Waals surface area contributed by atoms with Crippen molar-refractivity contribution < 1.29 is 14.3 Å². The molecule has 0 radical (unpaired) electrons. The number of para-hydroxylation sites is 1. The quantitative estimate of drug-likeness (QED) is 0.868. The highest BCUT2D eigenvalue weighted by atomic mass is 16.5. The number of nitrogens with zero attached hydrogens (tertiary/aromatic N) is 3. The fourth-order valence-corrected chi connectivity index (χ4v) is 2.61. The van der Waals surface area contributed by atoms with Crippen LogP contribution in [0.25, 0.3) is 0 Å². The van der Waals surface area contributed by atoms with Crippen molar-refractivity contribution in [1.29, 1.82) is 0 Å². The predicted molar refractivity (Wildman–Crippen MR) is 88.2 cm³/mol. The summed E-state index contributed by atoms with van der Waals surface area (Å²) in [6.45, 7) is 1.57. The zero-order valence-corrected chi connectivity index (χ0v) is 13.4. The molecule has 124 valence electrons. The van der Waals surface area contributed by atoms with E-state index in [-0.39, 0.29) is 5.91 Å². The van der Waals surface area contributed by atoms with Gasteiger partial charge in [0, 0.05) is 25.5 Å². The van der Waals surface area contributed by atoms with Crippen molar-refractivity contribution in [2.75, 3.05) is 25.5 Å². The Bertz CT molecular complexity index is 740. The lowest BCUT2D eigenvalue weighted by atomic mass is 10.2. The number of hydrogen-bond donors (Lipinski definition) is 1. The Morgan fingerprint density at radius 2 is 1.79 bits per heavy atom. The van der Waals surface area contributed by atoms with Crippen LogP contribution in [0.15, 0.2) is 36.7 Å². The molecule has 1 aliphatic heterocycles. The van der Waals surface area contributed by atoms with Gasteiger partial charge in [0.05, 0.1) is 23.9 Å². The van der Waals surface area contributed by atoms with Crippen molar-refractivity contribution in [3.05, 3.63) is 47.8 Å². The molecule has 1 N–H and O–H groups in total. The highest BCUT2D eigenvalue weighted by Gasteiger charge is 2.20. The number of anilines is 2. The Morgan fingerprint density at radius 3 is 2.46 bits per heavy atom. The van der Waals surface area contributed by atoms with Crippen molar-refractivity contribution in [3.63, 3.8) is 0 Å². The minimum atomic E-state index is -0.445. The lowest BCUT2D eigenvalue weighted by molar-refractivity contribution is 0.0601. The second-order valence-electron chi connectivity index (χ2n) is 5.46. The maximum atomic E-state index is 12.3. The van der Waals surface area contributed by atoms with Crippen LogP contribution in [0.5, 0.6) is 0 Å². The minimum absolute atomic E-state index is 0.0472. The van der Waals surface area contributed by atoms with Crippen molar-refractivity contribution in [2.45, 2.75) is 12.8 Å². The Balaban J connectivity index is 1.75. The number of hydrogen-bond acceptors (Lipinski definition) is 6. The number of likely N-dealkylation sites (tertiary alicyclic amines) is 1. The van der Waals surface area contributed by atoms with Crippen LogP contribution in [0.1, 0.15) is 33.6 Å². The standard InChI is InChI=1S/C17H18N4O3/c1-24-16(23)13-6-2-3-7-14(13)20-17-18-10-12(11-19-17)15(22)21-8-4-5-9-21/h2-3,6-7,10-11H,4-5,8-9H2,1H3,(H,18,19,20). The second kappa shape index (κ2) is 7.08. The number of ether oxygens (including phenoxy) is 1. The highest BCUT2D eigenvalue weighted by Crippen LogP contribution is 2.19. The number of benzene rings is 1. The van der Waals surface area contributed by atoms with Crippen molar-refractivity contribution in [3.8, 4) is 0 Å². The van der Waals surface area contributed by atoms with Gasteiger partial charge in [0.15, 0.2) is 0 Å². The first-order chi connectivity index (χ1) is 11.7. The summed E-state index contributed by atoms with van der Waals surface area (Å²) in [7, 11) is 1.33. The zero-order valence-electron chi connectivity index (χ0n) is 13.4. The average molecular weight is 326 g/mol. The molecule has 1 aliphatic rings. The third-order valence-electron chi connectivity index (χ3n) is 3.87. The Hall–Kier alpha value is -2.96. The van der Waals surface area contributed by atoms with Crippen molar-refractivity contribution in [1.82, 2.24) is 14.9 Å². The monoisotopic (exact) mass is 326 g/mol. The summed E-state index contributed by atoms with van der Waals surface area (Å²) in [6.07, 6.45) is 5.07. The maximum Gasteiger partial charge on any atom is 0.339 e. The maximum absolute atomic E-state index is 12.3. The van der Waals surface area contributed by atoms with E-state index in [9.17, 15) is 9.59 Å². The van der Waals surface area contributed by atoms with Crippen LogP contribution >= 0.6 is 0 Å². The number of carbonyl (C=O) groups excluding carboxylic acids is 2. The van der Waals surface area contributed by atoms with E-state index in [4.69, 9.17) is 4.74 Å². The third kappa shape index (κ3) is 3.34. The van der Waals surface area contributed by atoms with E-state index in [1.807, 2.05) is 0 Å².